The predicted octanol–water partition coefficient (Wildman–Crippen LogP) is 3.13. The number of aryl methyl sites for hydroxylation is 2. The number of para-hydroxylation sites is 1. The Balaban J connectivity index is 1.75. The Morgan fingerprint density at radius 2 is 2.09 bits per heavy atom. The molecule has 22 heavy (non-hydrogen) atoms. The van der Waals surface area contributed by atoms with Crippen LogP contribution in [0, 0.1) is 12.8 Å². The molecule has 3 aromatic rings. The molecule has 4 nitrogen and oxygen atoms in total. The third-order valence-corrected chi connectivity index (χ3v) is 4.82. The quantitative estimate of drug-likeness (QED) is 0.728. The molecule has 1 aliphatic carbocycles. The number of imidazole rings is 1. The molecular weight excluding hydrogens is 274 g/mol. The van der Waals surface area contributed by atoms with E-state index >= 15 is 0 Å². The van der Waals surface area contributed by atoms with Crippen LogP contribution in [0.2, 0.25) is 0 Å². The zero-order chi connectivity index (χ0) is 15.3. The smallest absolute Gasteiger partial charge is 0.179 e. The number of aromatic nitrogens is 3. The van der Waals surface area contributed by atoms with Gasteiger partial charge in [-0.2, -0.15) is 0 Å². The summed E-state index contributed by atoms with van der Waals surface area (Å²) in [5.74, 6) is 1.62. The van der Waals surface area contributed by atoms with E-state index in [1.165, 1.54) is 10.9 Å². The second-order valence-corrected chi connectivity index (χ2v) is 6.23. The molecule has 1 aliphatic rings. The van der Waals surface area contributed by atoms with E-state index in [2.05, 4.69) is 32.3 Å². The van der Waals surface area contributed by atoms with Gasteiger partial charge in [0.1, 0.15) is 5.82 Å². The first kappa shape index (κ1) is 13.3. The number of carbonyl (C=O) groups is 1. The van der Waals surface area contributed by atoms with Gasteiger partial charge in [0, 0.05) is 43.3 Å². The number of ketones is 1. The summed E-state index contributed by atoms with van der Waals surface area (Å²) < 4.78 is 4.21. The molecule has 1 unspecified atom stereocenters. The zero-order valence-corrected chi connectivity index (χ0v) is 12.9. The van der Waals surface area contributed by atoms with E-state index < -0.39 is 0 Å². The van der Waals surface area contributed by atoms with Crippen molar-refractivity contribution < 1.29 is 4.79 Å². The molecule has 0 aliphatic heterocycles. The first-order chi connectivity index (χ1) is 10.6. The number of nitrogens with zero attached hydrogens (tertiary/aromatic N) is 3. The molecule has 2 aromatic heterocycles. The van der Waals surface area contributed by atoms with Gasteiger partial charge < -0.3 is 9.13 Å². The molecule has 0 bridgehead atoms. The second-order valence-electron chi connectivity index (χ2n) is 6.23. The molecule has 0 radical (unpaired) electrons. The van der Waals surface area contributed by atoms with E-state index in [9.17, 15) is 4.79 Å². The van der Waals surface area contributed by atoms with Gasteiger partial charge >= 0.3 is 0 Å². The van der Waals surface area contributed by atoms with Crippen molar-refractivity contribution in [3.8, 4) is 0 Å². The lowest BCUT2D eigenvalue weighted by atomic mass is 9.85. The van der Waals surface area contributed by atoms with E-state index in [0.29, 0.717) is 12.3 Å². The number of Topliss-reactive ketones (excluding diaryl/α,β-unsaturated/α-hetero) is 1. The Labute approximate surface area is 129 Å². The third-order valence-electron chi connectivity index (χ3n) is 4.82. The van der Waals surface area contributed by atoms with Crippen LogP contribution in [0.4, 0.5) is 0 Å². The fraction of sp³-hybridized carbons (Fsp3) is 0.333. The van der Waals surface area contributed by atoms with Crippen LogP contribution < -0.4 is 0 Å². The number of hydrogen-bond acceptors (Lipinski definition) is 2. The van der Waals surface area contributed by atoms with E-state index in [4.69, 9.17) is 0 Å². The van der Waals surface area contributed by atoms with E-state index in [0.717, 1.165) is 30.0 Å². The van der Waals surface area contributed by atoms with Gasteiger partial charge in [0.15, 0.2) is 5.78 Å². The molecular formula is C18H19N3O. The van der Waals surface area contributed by atoms with Crippen molar-refractivity contribution in [2.45, 2.75) is 26.3 Å². The summed E-state index contributed by atoms with van der Waals surface area (Å²) in [4.78, 5) is 16.9. The average Bonchev–Trinajstić information content (AvgIpc) is 3.03. The molecule has 2 heterocycles. The summed E-state index contributed by atoms with van der Waals surface area (Å²) in [5, 5.41) is 1.22. The molecule has 0 saturated carbocycles. The lowest BCUT2D eigenvalue weighted by Gasteiger charge is -2.23. The van der Waals surface area contributed by atoms with Crippen LogP contribution in [0.3, 0.4) is 0 Å². The maximum Gasteiger partial charge on any atom is 0.179 e. The Kier molecular flexibility index (Phi) is 2.93. The summed E-state index contributed by atoms with van der Waals surface area (Å²) in [6.45, 7) is 2.87. The average molecular weight is 293 g/mol. The van der Waals surface area contributed by atoms with Crippen LogP contribution in [-0.4, -0.2) is 19.9 Å². The second kappa shape index (κ2) is 4.83. The molecule has 112 valence electrons. The normalized spacial score (nSPS) is 17.9. The van der Waals surface area contributed by atoms with E-state index in [1.54, 1.807) is 0 Å². The minimum atomic E-state index is 0.266. The van der Waals surface area contributed by atoms with Crippen LogP contribution in [0.25, 0.3) is 10.9 Å². The van der Waals surface area contributed by atoms with Gasteiger partial charge in [-0.15, -0.1) is 0 Å². The van der Waals surface area contributed by atoms with Crippen LogP contribution in [-0.2, 0) is 20.0 Å². The predicted molar refractivity (Wildman–Crippen MR) is 86.0 cm³/mol. The van der Waals surface area contributed by atoms with Gasteiger partial charge in [0.25, 0.3) is 0 Å². The number of rotatable bonds is 2. The van der Waals surface area contributed by atoms with Gasteiger partial charge in [-0.3, -0.25) is 4.79 Å². The van der Waals surface area contributed by atoms with Crippen molar-refractivity contribution in [3.63, 3.8) is 0 Å². The fourth-order valence-corrected chi connectivity index (χ4v) is 3.76. The summed E-state index contributed by atoms with van der Waals surface area (Å²) in [5.41, 5.74) is 3.28. The first-order valence-electron chi connectivity index (χ1n) is 7.72. The summed E-state index contributed by atoms with van der Waals surface area (Å²) in [6.07, 6.45) is 5.40. The topological polar surface area (TPSA) is 39.8 Å². The number of hydrogen-bond donors (Lipinski definition) is 0. The molecule has 4 heteroatoms. The number of fused-ring (bicyclic) bond motifs is 3. The highest BCUT2D eigenvalue weighted by Crippen LogP contribution is 2.34. The molecule has 0 fully saturated rings. The van der Waals surface area contributed by atoms with Crippen LogP contribution in [0.5, 0.6) is 0 Å². The highest BCUT2D eigenvalue weighted by molar-refractivity contribution is 6.04. The van der Waals surface area contributed by atoms with Crippen molar-refractivity contribution >= 4 is 16.7 Å². The van der Waals surface area contributed by atoms with Crippen molar-refractivity contribution in [2.24, 2.45) is 13.0 Å². The largest absolute Gasteiger partial charge is 0.341 e. The molecule has 0 amide bonds. The van der Waals surface area contributed by atoms with E-state index in [1.807, 2.05) is 32.4 Å². The van der Waals surface area contributed by atoms with Gasteiger partial charge in [-0.05, 0) is 30.9 Å². The monoisotopic (exact) mass is 293 g/mol. The Morgan fingerprint density at radius 3 is 2.86 bits per heavy atom. The molecule has 1 aromatic carbocycles. The summed E-state index contributed by atoms with van der Waals surface area (Å²) in [7, 11) is 2.00. The maximum atomic E-state index is 12.7. The molecule has 4 rings (SSSR count). The van der Waals surface area contributed by atoms with Gasteiger partial charge in [0.05, 0.1) is 5.69 Å². The Hall–Kier alpha value is -2.36. The first-order valence-corrected chi connectivity index (χ1v) is 7.72. The lowest BCUT2D eigenvalue weighted by molar-refractivity contribution is 0.0935. The Morgan fingerprint density at radius 1 is 1.27 bits per heavy atom. The highest BCUT2D eigenvalue weighted by atomic mass is 16.1. The molecule has 1 atom stereocenters. The van der Waals surface area contributed by atoms with E-state index in [-0.39, 0.29) is 5.78 Å². The van der Waals surface area contributed by atoms with Crippen molar-refractivity contribution in [2.75, 3.05) is 0 Å². The highest BCUT2D eigenvalue weighted by Gasteiger charge is 2.30. The number of benzene rings is 1. The van der Waals surface area contributed by atoms with Crippen LogP contribution >= 0.6 is 0 Å². The van der Waals surface area contributed by atoms with Crippen LogP contribution in [0.15, 0.2) is 36.7 Å². The minimum absolute atomic E-state index is 0.266. The minimum Gasteiger partial charge on any atom is -0.341 e. The van der Waals surface area contributed by atoms with Gasteiger partial charge in [0.2, 0.25) is 0 Å². The van der Waals surface area contributed by atoms with Gasteiger partial charge in [-0.25, -0.2) is 4.98 Å². The molecule has 0 N–H and O–H groups in total. The van der Waals surface area contributed by atoms with Crippen molar-refractivity contribution in [1.29, 1.82) is 0 Å². The van der Waals surface area contributed by atoms with Crippen LogP contribution in [0.1, 0.15) is 28.3 Å². The molecule has 0 saturated heterocycles. The zero-order valence-electron chi connectivity index (χ0n) is 12.9. The maximum absolute atomic E-state index is 12.7. The fourth-order valence-electron chi connectivity index (χ4n) is 3.76. The third kappa shape index (κ3) is 1.90. The van der Waals surface area contributed by atoms with Crippen molar-refractivity contribution in [1.82, 2.24) is 14.1 Å². The SMILES string of the molecule is Cc1nccn1CC1CC(=O)c2c(c3ccccc3n2C)C1. The van der Waals surface area contributed by atoms with Gasteiger partial charge in [-0.1, -0.05) is 18.2 Å². The Bertz CT molecular complexity index is 872. The summed E-state index contributed by atoms with van der Waals surface area (Å²) in [6, 6.07) is 8.31. The standard InChI is InChI=1S/C18H19N3O/c1-12-19-7-8-21(12)11-13-9-15-14-5-3-4-6-16(14)20(2)18(15)17(22)10-13/h3-8,13H,9-11H2,1-2H3. The molecule has 0 spiro atoms. The lowest BCUT2D eigenvalue weighted by Crippen LogP contribution is -2.25. The number of carbonyl (C=O) groups excluding carboxylic acids is 1. The van der Waals surface area contributed by atoms with Crippen molar-refractivity contribution in [3.05, 3.63) is 53.7 Å². The summed E-state index contributed by atoms with van der Waals surface area (Å²) >= 11 is 0.